The minimum Gasteiger partial charge on any atom is -0.210 e. The summed E-state index contributed by atoms with van der Waals surface area (Å²) in [5.41, 5.74) is 0. The lowest BCUT2D eigenvalue weighted by Gasteiger charge is -2.02. The number of hydrogen-bond donors (Lipinski definition) is 0. The van der Waals surface area contributed by atoms with Gasteiger partial charge in [0.15, 0.2) is 0 Å². The lowest BCUT2D eigenvalue weighted by molar-refractivity contribution is -0.158. The first kappa shape index (κ1) is 17.4. The molecular formula is C6H4F10. The van der Waals surface area contributed by atoms with E-state index in [0.29, 0.717) is 0 Å². The van der Waals surface area contributed by atoms with Gasteiger partial charge >= 0.3 is 12.4 Å². The Morgan fingerprint density at radius 3 is 1.31 bits per heavy atom. The van der Waals surface area contributed by atoms with Crippen molar-refractivity contribution in [1.29, 1.82) is 0 Å². The largest absolute Gasteiger partial charge is 0.414 e. The molecule has 0 saturated carbocycles. The Labute approximate surface area is 82.5 Å². The van der Waals surface area contributed by atoms with E-state index in [9.17, 15) is 43.9 Å². The molecule has 98 valence electrons. The van der Waals surface area contributed by atoms with Crippen LogP contribution in [0.15, 0.2) is 12.2 Å². The predicted molar refractivity (Wildman–Crippen MR) is 33.0 cm³/mol. The van der Waals surface area contributed by atoms with Crippen molar-refractivity contribution < 1.29 is 43.9 Å². The lowest BCUT2D eigenvalue weighted by atomic mass is 10.4. The summed E-state index contributed by atoms with van der Waals surface area (Å²) in [5.74, 6) is 0. The van der Waals surface area contributed by atoms with Crippen LogP contribution in [0, 0.1) is 0 Å². The number of allylic oxidation sites excluding steroid dienone is 1. The van der Waals surface area contributed by atoms with Gasteiger partial charge in [-0.05, 0) is 0 Å². The molecular weight excluding hydrogens is 262 g/mol. The van der Waals surface area contributed by atoms with Gasteiger partial charge in [-0.25, -0.2) is 8.78 Å². The zero-order valence-electron chi connectivity index (χ0n) is 7.14. The van der Waals surface area contributed by atoms with E-state index in [2.05, 4.69) is 0 Å². The molecule has 0 heterocycles. The number of halogens is 10. The average Bonchev–Trinajstić information content (AvgIpc) is 1.72. The number of hydrogen-bond acceptors (Lipinski definition) is 0. The zero-order chi connectivity index (χ0) is 13.6. The summed E-state index contributed by atoms with van der Waals surface area (Å²) in [6, 6.07) is 0. The molecule has 0 atom stereocenters. The van der Waals surface area contributed by atoms with Gasteiger partial charge in [-0.2, -0.15) is 35.1 Å². The summed E-state index contributed by atoms with van der Waals surface area (Å²) in [6.45, 7) is 0. The second-order valence-electron chi connectivity index (χ2n) is 2.19. The maximum atomic E-state index is 10.8. The minimum absolute atomic E-state index is 1.06. The molecule has 0 spiro atoms. The fraction of sp³-hybridized carbons (Fsp3) is 0.667. The predicted octanol–water partition coefficient (Wildman–Crippen LogP) is 4.53. The minimum atomic E-state index is -4.89. The van der Waals surface area contributed by atoms with E-state index >= 15 is 0 Å². The van der Waals surface area contributed by atoms with Crippen molar-refractivity contribution in [3.05, 3.63) is 12.2 Å². The SMILES string of the molecule is FC(F)=CC(F)(F)F.FC(F)CC(F)(F)F. The fourth-order valence-electron chi connectivity index (χ4n) is 0.299. The van der Waals surface area contributed by atoms with E-state index in [4.69, 9.17) is 0 Å². The molecule has 0 bridgehead atoms. The Kier molecular flexibility index (Phi) is 7.18. The highest BCUT2D eigenvalue weighted by Gasteiger charge is 2.31. The monoisotopic (exact) mass is 266 g/mol. The molecule has 0 aliphatic heterocycles. The van der Waals surface area contributed by atoms with Crippen LogP contribution in [-0.4, -0.2) is 18.8 Å². The van der Waals surface area contributed by atoms with Crippen LogP contribution in [0.25, 0.3) is 0 Å². The Morgan fingerprint density at radius 1 is 0.938 bits per heavy atom. The van der Waals surface area contributed by atoms with Gasteiger partial charge in [-0.1, -0.05) is 0 Å². The Balaban J connectivity index is 0. The third-order valence-electron chi connectivity index (χ3n) is 0.659. The molecule has 0 fully saturated rings. The van der Waals surface area contributed by atoms with E-state index in [0.717, 1.165) is 0 Å². The van der Waals surface area contributed by atoms with Crippen molar-refractivity contribution in [3.63, 3.8) is 0 Å². The normalized spacial score (nSPS) is 11.9. The van der Waals surface area contributed by atoms with Crippen molar-refractivity contribution in [2.75, 3.05) is 0 Å². The van der Waals surface area contributed by atoms with Crippen molar-refractivity contribution in [2.45, 2.75) is 25.2 Å². The van der Waals surface area contributed by atoms with Gasteiger partial charge < -0.3 is 0 Å². The third kappa shape index (κ3) is 23.1. The molecule has 0 amide bonds. The molecule has 0 saturated heterocycles. The summed E-state index contributed by atoms with van der Waals surface area (Å²) in [7, 11) is 0. The Hall–Kier alpha value is -0.960. The van der Waals surface area contributed by atoms with Crippen LogP contribution >= 0.6 is 0 Å². The molecule has 0 unspecified atom stereocenters. The topological polar surface area (TPSA) is 0 Å². The van der Waals surface area contributed by atoms with E-state index in [-0.39, 0.29) is 0 Å². The van der Waals surface area contributed by atoms with Crippen LogP contribution in [0.2, 0.25) is 0 Å². The zero-order valence-corrected chi connectivity index (χ0v) is 7.14. The second-order valence-corrected chi connectivity index (χ2v) is 2.19. The molecule has 0 aromatic rings. The number of rotatable bonds is 1. The van der Waals surface area contributed by atoms with Crippen molar-refractivity contribution in [1.82, 2.24) is 0 Å². The van der Waals surface area contributed by atoms with E-state index < -0.39 is 37.4 Å². The Morgan fingerprint density at radius 2 is 1.31 bits per heavy atom. The molecule has 0 N–H and O–H groups in total. The van der Waals surface area contributed by atoms with Gasteiger partial charge in [-0.15, -0.1) is 0 Å². The second kappa shape index (κ2) is 6.59. The van der Waals surface area contributed by atoms with Gasteiger partial charge in [0, 0.05) is 0 Å². The van der Waals surface area contributed by atoms with E-state index in [1.165, 1.54) is 0 Å². The van der Waals surface area contributed by atoms with Crippen LogP contribution in [0.4, 0.5) is 43.9 Å². The van der Waals surface area contributed by atoms with Gasteiger partial charge in [0.05, 0.1) is 6.08 Å². The summed E-state index contributed by atoms with van der Waals surface area (Å²) < 4.78 is 108. The highest BCUT2D eigenvalue weighted by atomic mass is 19.4. The summed E-state index contributed by atoms with van der Waals surface area (Å²) in [6.07, 6.45) is -18.7. The van der Waals surface area contributed by atoms with Crippen LogP contribution in [0.5, 0.6) is 0 Å². The van der Waals surface area contributed by atoms with Crippen LogP contribution in [-0.2, 0) is 0 Å². The summed E-state index contributed by atoms with van der Waals surface area (Å²) >= 11 is 0. The molecule has 0 aliphatic rings. The van der Waals surface area contributed by atoms with E-state index in [1.54, 1.807) is 0 Å². The maximum Gasteiger partial charge on any atom is 0.414 e. The van der Waals surface area contributed by atoms with Gasteiger partial charge in [0.1, 0.15) is 6.42 Å². The lowest BCUT2D eigenvalue weighted by Crippen LogP contribution is -2.12. The summed E-state index contributed by atoms with van der Waals surface area (Å²) in [5, 5.41) is 0. The highest BCUT2D eigenvalue weighted by Crippen LogP contribution is 2.23. The average molecular weight is 266 g/mol. The smallest absolute Gasteiger partial charge is 0.210 e. The summed E-state index contributed by atoms with van der Waals surface area (Å²) in [4.78, 5) is 0. The maximum absolute atomic E-state index is 10.8. The van der Waals surface area contributed by atoms with E-state index in [1.807, 2.05) is 0 Å². The van der Waals surface area contributed by atoms with Crippen molar-refractivity contribution >= 4 is 0 Å². The molecule has 0 rings (SSSR count). The first-order valence-electron chi connectivity index (χ1n) is 3.29. The standard InChI is InChI=1S/C3H3F5.C3HF5/c2*4-2(5)1-3(6,7)8/h2H,1H2;1H. The van der Waals surface area contributed by atoms with Gasteiger partial charge in [0.25, 0.3) is 6.08 Å². The van der Waals surface area contributed by atoms with Crippen LogP contribution in [0.1, 0.15) is 6.42 Å². The van der Waals surface area contributed by atoms with Crippen LogP contribution < -0.4 is 0 Å². The van der Waals surface area contributed by atoms with Gasteiger partial charge in [-0.3, -0.25) is 0 Å². The van der Waals surface area contributed by atoms with Crippen molar-refractivity contribution in [3.8, 4) is 0 Å². The molecule has 0 aliphatic carbocycles. The molecule has 0 nitrogen and oxygen atoms in total. The fourth-order valence-corrected chi connectivity index (χ4v) is 0.299. The molecule has 10 heteroatoms. The van der Waals surface area contributed by atoms with Gasteiger partial charge in [0.2, 0.25) is 6.43 Å². The Bertz CT molecular complexity index is 204. The van der Waals surface area contributed by atoms with Crippen molar-refractivity contribution in [2.24, 2.45) is 0 Å². The molecule has 0 aromatic heterocycles. The molecule has 16 heavy (non-hydrogen) atoms. The molecule has 0 aromatic carbocycles. The first-order chi connectivity index (χ1) is 6.83. The third-order valence-corrected chi connectivity index (χ3v) is 0.659. The van der Waals surface area contributed by atoms with Crippen LogP contribution in [0.3, 0.4) is 0 Å². The quantitative estimate of drug-likeness (QED) is 0.611. The highest BCUT2D eigenvalue weighted by molar-refractivity contribution is 4.87. The molecule has 0 radical (unpaired) electrons. The first-order valence-corrected chi connectivity index (χ1v) is 3.29. The number of alkyl halides is 8.